The zero-order chi connectivity index (χ0) is 18.1. The van der Waals surface area contributed by atoms with Crippen LogP contribution in [0.15, 0.2) is 60.7 Å². The third kappa shape index (κ3) is 7.13. The van der Waals surface area contributed by atoms with Crippen LogP contribution in [0.25, 0.3) is 0 Å². The van der Waals surface area contributed by atoms with Gasteiger partial charge in [-0.1, -0.05) is 60.7 Å². The minimum atomic E-state index is -0.803. The van der Waals surface area contributed by atoms with Crippen LogP contribution in [0.4, 0.5) is 4.79 Å². The summed E-state index contributed by atoms with van der Waals surface area (Å²) in [6.07, 6.45) is -0.313. The zero-order valence-corrected chi connectivity index (χ0v) is 16.0. The third-order valence-corrected chi connectivity index (χ3v) is 3.60. The molecule has 0 heterocycles. The Balaban J connectivity index is 1.96. The summed E-state index contributed by atoms with van der Waals surface area (Å²) in [4.78, 5) is 24.3. The Bertz CT molecular complexity index is 676. The lowest BCUT2D eigenvalue weighted by Crippen LogP contribution is -2.44. The molecule has 0 aromatic heterocycles. The van der Waals surface area contributed by atoms with E-state index in [9.17, 15) is 9.59 Å². The number of benzene rings is 2. The van der Waals surface area contributed by atoms with Gasteiger partial charge >= 0.3 is 12.1 Å². The number of halogens is 1. The van der Waals surface area contributed by atoms with E-state index in [-0.39, 0.29) is 10.7 Å². The standard InChI is InChI=1S/C19H20INO4/c1-14(20)25-18(22)17(12-15-8-4-2-5-9-15)21-19(23)24-13-16-10-6-3-7-11-16/h2-11,14,17H,12-13H2,1H3,(H,21,23)/t14?,17-/m1/s1. The lowest BCUT2D eigenvalue weighted by molar-refractivity contribution is -0.146. The number of carbonyl (C=O) groups is 2. The first kappa shape index (κ1) is 19.2. The van der Waals surface area contributed by atoms with Crippen LogP contribution in [-0.4, -0.2) is 22.2 Å². The van der Waals surface area contributed by atoms with Gasteiger partial charge in [0, 0.05) is 6.42 Å². The summed E-state index contributed by atoms with van der Waals surface area (Å²) in [5.74, 6) is -0.484. The number of alkyl carbamates (subject to hydrolysis) is 1. The van der Waals surface area contributed by atoms with E-state index in [0.717, 1.165) is 11.1 Å². The van der Waals surface area contributed by atoms with Crippen LogP contribution in [0.1, 0.15) is 18.1 Å². The fourth-order valence-corrected chi connectivity index (χ4v) is 2.44. The van der Waals surface area contributed by atoms with Crippen molar-refractivity contribution in [2.45, 2.75) is 30.1 Å². The maximum atomic E-state index is 12.3. The summed E-state index contributed by atoms with van der Waals surface area (Å²) < 4.78 is 10.1. The molecule has 0 aliphatic rings. The molecule has 2 aromatic carbocycles. The lowest BCUT2D eigenvalue weighted by Gasteiger charge is -2.18. The Labute approximate surface area is 160 Å². The summed E-state index contributed by atoms with van der Waals surface area (Å²) in [5.41, 5.74) is 1.80. The molecule has 0 spiro atoms. The molecule has 0 saturated carbocycles. The van der Waals surface area contributed by atoms with Gasteiger partial charge in [-0.25, -0.2) is 9.59 Å². The number of carbonyl (C=O) groups excluding carboxylic acids is 2. The molecule has 1 unspecified atom stereocenters. The molecule has 5 nitrogen and oxygen atoms in total. The quantitative estimate of drug-likeness (QED) is 0.393. The van der Waals surface area contributed by atoms with E-state index in [2.05, 4.69) is 5.32 Å². The second kappa shape index (κ2) is 10.0. The van der Waals surface area contributed by atoms with Crippen molar-refractivity contribution < 1.29 is 19.1 Å². The van der Waals surface area contributed by atoms with Crippen molar-refractivity contribution in [2.24, 2.45) is 0 Å². The molecule has 0 bridgehead atoms. The summed E-state index contributed by atoms with van der Waals surface area (Å²) >= 11 is 1.99. The van der Waals surface area contributed by atoms with E-state index < -0.39 is 18.1 Å². The highest BCUT2D eigenvalue weighted by atomic mass is 127. The van der Waals surface area contributed by atoms with Crippen molar-refractivity contribution in [3.8, 4) is 0 Å². The van der Waals surface area contributed by atoms with Gasteiger partial charge in [-0.15, -0.1) is 0 Å². The topological polar surface area (TPSA) is 64.6 Å². The first-order valence-corrected chi connectivity index (χ1v) is 9.15. The Morgan fingerprint density at radius 3 is 2.12 bits per heavy atom. The largest absolute Gasteiger partial charge is 0.450 e. The summed E-state index contributed by atoms with van der Waals surface area (Å²) in [5, 5.41) is 2.60. The monoisotopic (exact) mass is 453 g/mol. The highest BCUT2D eigenvalue weighted by molar-refractivity contribution is 14.1. The highest BCUT2D eigenvalue weighted by Crippen LogP contribution is 2.09. The smallest absolute Gasteiger partial charge is 0.408 e. The predicted octanol–water partition coefficient (Wildman–Crippen LogP) is 3.85. The molecule has 0 fully saturated rings. The molecule has 1 N–H and O–H groups in total. The van der Waals surface area contributed by atoms with Gasteiger partial charge in [0.25, 0.3) is 0 Å². The second-order valence-corrected chi connectivity index (χ2v) is 7.18. The van der Waals surface area contributed by atoms with Crippen molar-refractivity contribution in [1.82, 2.24) is 5.32 Å². The van der Waals surface area contributed by atoms with Crippen LogP contribution in [0.5, 0.6) is 0 Å². The average molecular weight is 453 g/mol. The Morgan fingerprint density at radius 2 is 1.56 bits per heavy atom. The maximum Gasteiger partial charge on any atom is 0.408 e. The second-order valence-electron chi connectivity index (χ2n) is 5.43. The molecular weight excluding hydrogens is 433 g/mol. The predicted molar refractivity (Wildman–Crippen MR) is 103 cm³/mol. The molecular formula is C19H20INO4. The zero-order valence-electron chi connectivity index (χ0n) is 13.9. The molecule has 2 atom stereocenters. The van der Waals surface area contributed by atoms with Crippen molar-refractivity contribution in [1.29, 1.82) is 0 Å². The average Bonchev–Trinajstić information content (AvgIpc) is 2.60. The number of hydrogen-bond acceptors (Lipinski definition) is 4. The van der Waals surface area contributed by atoms with Crippen LogP contribution in [0.2, 0.25) is 0 Å². The van der Waals surface area contributed by atoms with Gasteiger partial charge < -0.3 is 14.8 Å². The number of esters is 1. The van der Waals surface area contributed by atoms with Crippen LogP contribution in [0.3, 0.4) is 0 Å². The molecule has 2 rings (SSSR count). The van der Waals surface area contributed by atoms with E-state index in [1.807, 2.05) is 83.3 Å². The van der Waals surface area contributed by atoms with Gasteiger partial charge in [0.05, 0.1) is 0 Å². The van der Waals surface area contributed by atoms with E-state index in [1.54, 1.807) is 6.92 Å². The van der Waals surface area contributed by atoms with E-state index >= 15 is 0 Å². The van der Waals surface area contributed by atoms with Gasteiger partial charge in [0.1, 0.15) is 16.8 Å². The lowest BCUT2D eigenvalue weighted by atomic mass is 10.1. The van der Waals surface area contributed by atoms with Gasteiger partial charge in [-0.05, 0) is 40.6 Å². The molecule has 0 aliphatic carbocycles. The van der Waals surface area contributed by atoms with Crippen LogP contribution < -0.4 is 5.32 Å². The maximum absolute atomic E-state index is 12.3. The molecule has 0 radical (unpaired) electrons. The van der Waals surface area contributed by atoms with Gasteiger partial charge in [0.15, 0.2) is 0 Å². The van der Waals surface area contributed by atoms with Crippen LogP contribution in [-0.2, 0) is 27.3 Å². The van der Waals surface area contributed by atoms with Gasteiger partial charge in [-0.3, -0.25) is 0 Å². The fourth-order valence-electron chi connectivity index (χ4n) is 2.19. The van der Waals surface area contributed by atoms with Crippen LogP contribution >= 0.6 is 22.6 Å². The number of alkyl halides is 1. The normalized spacial score (nSPS) is 12.7. The molecule has 0 saturated heterocycles. The first-order chi connectivity index (χ1) is 12.0. The van der Waals surface area contributed by atoms with E-state index in [4.69, 9.17) is 9.47 Å². The summed E-state index contributed by atoms with van der Waals surface area (Å²) in [6.45, 7) is 1.90. The number of nitrogens with one attached hydrogen (secondary N) is 1. The molecule has 0 aliphatic heterocycles. The number of ether oxygens (including phenoxy) is 2. The molecule has 6 heteroatoms. The van der Waals surface area contributed by atoms with Crippen molar-refractivity contribution in [3.05, 3.63) is 71.8 Å². The SMILES string of the molecule is CC(I)OC(=O)[C@@H](Cc1ccccc1)NC(=O)OCc1ccccc1. The first-order valence-electron chi connectivity index (χ1n) is 7.90. The third-order valence-electron chi connectivity index (χ3n) is 3.35. The summed E-state index contributed by atoms with van der Waals surface area (Å²) in [7, 11) is 0. The molecule has 1 amide bonds. The Hall–Kier alpha value is -2.09. The molecule has 132 valence electrons. The van der Waals surface area contributed by atoms with Crippen molar-refractivity contribution >= 4 is 34.7 Å². The summed E-state index contributed by atoms with van der Waals surface area (Å²) in [6, 6.07) is 18.0. The minimum Gasteiger partial charge on any atom is -0.450 e. The van der Waals surface area contributed by atoms with E-state index in [1.165, 1.54) is 0 Å². The Morgan fingerprint density at radius 1 is 1.00 bits per heavy atom. The van der Waals surface area contributed by atoms with E-state index in [0.29, 0.717) is 6.42 Å². The number of rotatable bonds is 7. The van der Waals surface area contributed by atoms with Crippen LogP contribution in [0, 0.1) is 0 Å². The van der Waals surface area contributed by atoms with Gasteiger partial charge in [-0.2, -0.15) is 0 Å². The molecule has 2 aromatic rings. The molecule has 25 heavy (non-hydrogen) atoms. The fraction of sp³-hybridized carbons (Fsp3) is 0.263. The minimum absolute atomic E-state index is 0.141. The van der Waals surface area contributed by atoms with Crippen molar-refractivity contribution in [2.75, 3.05) is 0 Å². The highest BCUT2D eigenvalue weighted by Gasteiger charge is 2.24. The van der Waals surface area contributed by atoms with Crippen molar-refractivity contribution in [3.63, 3.8) is 0 Å². The van der Waals surface area contributed by atoms with Gasteiger partial charge in [0.2, 0.25) is 0 Å². The number of hydrogen-bond donors (Lipinski definition) is 1. The Kier molecular flexibility index (Phi) is 7.72. The number of amides is 1.